The van der Waals surface area contributed by atoms with Gasteiger partial charge in [0.25, 0.3) is 5.91 Å². The first-order valence-electron chi connectivity index (χ1n) is 9.61. The van der Waals surface area contributed by atoms with Crippen molar-refractivity contribution in [3.63, 3.8) is 0 Å². The molecule has 1 atom stereocenters. The Bertz CT molecular complexity index is 905. The predicted molar refractivity (Wildman–Crippen MR) is 106 cm³/mol. The molecule has 0 bridgehead atoms. The number of pyridine rings is 1. The van der Waals surface area contributed by atoms with Gasteiger partial charge >= 0.3 is 0 Å². The standard InChI is InChI=1S/C22H24N4O2/c27-20-11-18(12-20)21(10-16-6-8-23-9-7-16)25-22(28)19-13-24-26(15-19)14-17-4-2-1-3-5-17/h1-9,13,15,18,20-21,27H,10-12,14H2,(H,25,28). The minimum Gasteiger partial charge on any atom is -0.393 e. The Morgan fingerprint density at radius 1 is 1.14 bits per heavy atom. The Kier molecular flexibility index (Phi) is 5.48. The quantitative estimate of drug-likeness (QED) is 0.664. The largest absolute Gasteiger partial charge is 0.393 e. The Morgan fingerprint density at radius 2 is 1.89 bits per heavy atom. The number of carbonyl (C=O) groups is 1. The molecule has 144 valence electrons. The number of aliphatic hydroxyl groups excluding tert-OH is 1. The molecule has 1 aromatic carbocycles. The third kappa shape index (κ3) is 4.46. The molecular weight excluding hydrogens is 352 g/mol. The number of amides is 1. The molecular formula is C22H24N4O2. The first-order chi connectivity index (χ1) is 13.7. The molecule has 3 aromatic rings. The first kappa shape index (κ1) is 18.4. The lowest BCUT2D eigenvalue weighted by Gasteiger charge is -2.38. The number of hydrogen-bond donors (Lipinski definition) is 2. The Balaban J connectivity index is 1.42. The van der Waals surface area contributed by atoms with Crippen molar-refractivity contribution in [1.29, 1.82) is 0 Å². The van der Waals surface area contributed by atoms with Crippen LogP contribution < -0.4 is 5.32 Å². The molecule has 28 heavy (non-hydrogen) atoms. The number of carbonyl (C=O) groups excluding carboxylic acids is 1. The van der Waals surface area contributed by atoms with Gasteiger partial charge in [-0.3, -0.25) is 14.5 Å². The van der Waals surface area contributed by atoms with Crippen LogP contribution in [0.4, 0.5) is 0 Å². The summed E-state index contributed by atoms with van der Waals surface area (Å²) >= 11 is 0. The van der Waals surface area contributed by atoms with E-state index in [9.17, 15) is 9.90 Å². The van der Waals surface area contributed by atoms with E-state index in [1.807, 2.05) is 42.5 Å². The summed E-state index contributed by atoms with van der Waals surface area (Å²) in [6, 6.07) is 13.9. The van der Waals surface area contributed by atoms with Crippen LogP contribution in [0.5, 0.6) is 0 Å². The van der Waals surface area contributed by atoms with Gasteiger partial charge in [0.05, 0.1) is 24.4 Å². The maximum absolute atomic E-state index is 12.8. The molecule has 1 aliphatic carbocycles. The van der Waals surface area contributed by atoms with Crippen LogP contribution in [0.2, 0.25) is 0 Å². The molecule has 2 aromatic heterocycles. The van der Waals surface area contributed by atoms with Crippen molar-refractivity contribution in [3.05, 3.63) is 83.9 Å². The van der Waals surface area contributed by atoms with Crippen LogP contribution in [0.15, 0.2) is 67.3 Å². The highest BCUT2D eigenvalue weighted by Crippen LogP contribution is 2.31. The van der Waals surface area contributed by atoms with Crippen molar-refractivity contribution < 1.29 is 9.90 Å². The zero-order valence-corrected chi connectivity index (χ0v) is 15.6. The molecule has 0 aliphatic heterocycles. The maximum atomic E-state index is 12.8. The van der Waals surface area contributed by atoms with E-state index in [0.29, 0.717) is 12.1 Å². The van der Waals surface area contributed by atoms with Crippen LogP contribution in [-0.4, -0.2) is 37.9 Å². The van der Waals surface area contributed by atoms with Crippen molar-refractivity contribution in [1.82, 2.24) is 20.1 Å². The number of aliphatic hydroxyl groups is 1. The van der Waals surface area contributed by atoms with E-state index in [1.165, 1.54) is 0 Å². The second-order valence-corrected chi connectivity index (χ2v) is 7.44. The van der Waals surface area contributed by atoms with Gasteiger partial charge in [0, 0.05) is 24.6 Å². The minimum atomic E-state index is -0.254. The van der Waals surface area contributed by atoms with Gasteiger partial charge in [-0.25, -0.2) is 0 Å². The van der Waals surface area contributed by atoms with Gasteiger partial charge in [0.15, 0.2) is 0 Å². The van der Waals surface area contributed by atoms with Crippen LogP contribution in [-0.2, 0) is 13.0 Å². The third-order valence-corrected chi connectivity index (χ3v) is 5.32. The molecule has 0 spiro atoms. The normalized spacial score (nSPS) is 19.6. The van der Waals surface area contributed by atoms with Crippen molar-refractivity contribution >= 4 is 5.91 Å². The number of rotatable bonds is 7. The topological polar surface area (TPSA) is 80.0 Å². The summed E-state index contributed by atoms with van der Waals surface area (Å²) in [5, 5.41) is 17.2. The van der Waals surface area contributed by atoms with E-state index in [0.717, 1.165) is 30.4 Å². The number of benzene rings is 1. The smallest absolute Gasteiger partial charge is 0.254 e. The molecule has 1 saturated carbocycles. The van der Waals surface area contributed by atoms with Crippen LogP contribution in [0, 0.1) is 5.92 Å². The van der Waals surface area contributed by atoms with E-state index in [1.54, 1.807) is 29.5 Å². The fraction of sp³-hybridized carbons (Fsp3) is 0.318. The van der Waals surface area contributed by atoms with Crippen molar-refractivity contribution in [3.8, 4) is 0 Å². The van der Waals surface area contributed by atoms with Gasteiger partial charge in [-0.05, 0) is 48.4 Å². The average Bonchev–Trinajstić information content (AvgIpc) is 3.15. The van der Waals surface area contributed by atoms with Crippen LogP contribution in [0.25, 0.3) is 0 Å². The summed E-state index contributed by atoms with van der Waals surface area (Å²) in [5.74, 6) is 0.159. The molecule has 2 N–H and O–H groups in total. The summed E-state index contributed by atoms with van der Waals surface area (Å²) in [4.78, 5) is 16.8. The lowest BCUT2D eigenvalue weighted by Crippen LogP contribution is -2.48. The van der Waals surface area contributed by atoms with E-state index in [2.05, 4.69) is 15.4 Å². The first-order valence-corrected chi connectivity index (χ1v) is 9.61. The summed E-state index contributed by atoms with van der Waals surface area (Å²) in [5.41, 5.74) is 2.81. The summed E-state index contributed by atoms with van der Waals surface area (Å²) in [7, 11) is 0. The molecule has 1 unspecified atom stereocenters. The number of hydrogen-bond acceptors (Lipinski definition) is 4. The number of nitrogens with zero attached hydrogens (tertiary/aromatic N) is 3. The zero-order chi connectivity index (χ0) is 19.3. The second-order valence-electron chi connectivity index (χ2n) is 7.44. The zero-order valence-electron chi connectivity index (χ0n) is 15.6. The van der Waals surface area contributed by atoms with Crippen molar-refractivity contribution in [2.45, 2.75) is 38.0 Å². The van der Waals surface area contributed by atoms with Crippen molar-refractivity contribution in [2.24, 2.45) is 5.92 Å². The molecule has 6 nitrogen and oxygen atoms in total. The lowest BCUT2D eigenvalue weighted by atomic mass is 9.75. The summed E-state index contributed by atoms with van der Waals surface area (Å²) in [6.07, 6.45) is 8.83. The molecule has 1 amide bonds. The molecule has 1 aliphatic rings. The summed E-state index contributed by atoms with van der Waals surface area (Å²) in [6.45, 7) is 0.628. The molecule has 0 saturated heterocycles. The Morgan fingerprint density at radius 3 is 2.61 bits per heavy atom. The highest BCUT2D eigenvalue weighted by Gasteiger charge is 2.35. The fourth-order valence-corrected chi connectivity index (χ4v) is 3.66. The van der Waals surface area contributed by atoms with Gasteiger partial charge in [-0.15, -0.1) is 0 Å². The fourth-order valence-electron chi connectivity index (χ4n) is 3.66. The van der Waals surface area contributed by atoms with E-state index >= 15 is 0 Å². The van der Waals surface area contributed by atoms with Gasteiger partial charge in [0.2, 0.25) is 0 Å². The average molecular weight is 376 g/mol. The molecule has 2 heterocycles. The van der Waals surface area contributed by atoms with Gasteiger partial charge in [0.1, 0.15) is 0 Å². The highest BCUT2D eigenvalue weighted by molar-refractivity contribution is 5.93. The molecule has 4 rings (SSSR count). The molecule has 6 heteroatoms. The SMILES string of the molecule is O=C(NC(Cc1ccncc1)C1CC(O)C1)c1cnn(Cc2ccccc2)c1. The third-order valence-electron chi connectivity index (χ3n) is 5.32. The summed E-state index contributed by atoms with van der Waals surface area (Å²) < 4.78 is 1.77. The molecule has 1 fully saturated rings. The lowest BCUT2D eigenvalue weighted by molar-refractivity contribution is 0.0239. The minimum absolute atomic E-state index is 0.0178. The molecule has 0 radical (unpaired) electrons. The Hall–Kier alpha value is -2.99. The monoisotopic (exact) mass is 376 g/mol. The van der Waals surface area contributed by atoms with Gasteiger partial charge in [-0.1, -0.05) is 30.3 Å². The van der Waals surface area contributed by atoms with Crippen LogP contribution >= 0.6 is 0 Å². The van der Waals surface area contributed by atoms with Crippen molar-refractivity contribution in [2.75, 3.05) is 0 Å². The van der Waals surface area contributed by atoms with Crippen LogP contribution in [0.3, 0.4) is 0 Å². The second kappa shape index (κ2) is 8.35. The predicted octanol–water partition coefficient (Wildman–Crippen LogP) is 2.44. The van der Waals surface area contributed by atoms with E-state index in [-0.39, 0.29) is 24.0 Å². The van der Waals surface area contributed by atoms with Gasteiger partial charge in [-0.2, -0.15) is 5.10 Å². The number of aromatic nitrogens is 3. The maximum Gasteiger partial charge on any atom is 0.254 e. The van der Waals surface area contributed by atoms with Gasteiger partial charge < -0.3 is 10.4 Å². The van der Waals surface area contributed by atoms with E-state index < -0.39 is 0 Å². The van der Waals surface area contributed by atoms with E-state index in [4.69, 9.17) is 0 Å². The highest BCUT2D eigenvalue weighted by atomic mass is 16.3. The number of nitrogens with one attached hydrogen (secondary N) is 1. The van der Waals surface area contributed by atoms with Crippen LogP contribution in [0.1, 0.15) is 34.3 Å². The Labute approximate surface area is 164 Å².